The highest BCUT2D eigenvalue weighted by Crippen LogP contribution is 2.14. The predicted molar refractivity (Wildman–Crippen MR) is 279 cm³/mol. The molecule has 0 rings (SSSR count). The molecule has 0 aliphatic rings. The second-order valence-corrected chi connectivity index (χ2v) is 17.8. The van der Waals surface area contributed by atoms with Gasteiger partial charge in [0.1, 0.15) is 13.2 Å². The van der Waals surface area contributed by atoms with Crippen LogP contribution in [-0.2, 0) is 28.6 Å². The molecule has 1 atom stereocenters. The molecule has 0 bridgehead atoms. The lowest BCUT2D eigenvalue weighted by Crippen LogP contribution is -2.30. The topological polar surface area (TPSA) is 78.9 Å². The molecule has 6 heteroatoms. The van der Waals surface area contributed by atoms with E-state index in [-0.39, 0.29) is 31.1 Å². The van der Waals surface area contributed by atoms with Gasteiger partial charge in [-0.1, -0.05) is 215 Å². The molecule has 0 aromatic heterocycles. The lowest BCUT2D eigenvalue weighted by molar-refractivity contribution is -0.167. The monoisotopic (exact) mass is 905 g/mol. The van der Waals surface area contributed by atoms with Gasteiger partial charge in [-0.2, -0.15) is 0 Å². The van der Waals surface area contributed by atoms with Crippen molar-refractivity contribution in [2.75, 3.05) is 13.2 Å². The van der Waals surface area contributed by atoms with Crippen LogP contribution in [0.3, 0.4) is 0 Å². The maximum Gasteiger partial charge on any atom is 0.306 e. The van der Waals surface area contributed by atoms with Gasteiger partial charge in [-0.3, -0.25) is 14.4 Å². The minimum atomic E-state index is -0.798. The average Bonchev–Trinajstić information content (AvgIpc) is 3.30. The summed E-state index contributed by atoms with van der Waals surface area (Å²) >= 11 is 0. The largest absolute Gasteiger partial charge is 0.462 e. The molecule has 0 aliphatic carbocycles. The van der Waals surface area contributed by atoms with Crippen molar-refractivity contribution in [3.05, 3.63) is 85.1 Å². The third kappa shape index (κ3) is 51.4. The molecular formula is C59H100O6. The van der Waals surface area contributed by atoms with Gasteiger partial charge < -0.3 is 14.2 Å². The number of allylic oxidation sites excluding steroid dienone is 14. The van der Waals surface area contributed by atoms with E-state index in [1.54, 1.807) is 0 Å². The van der Waals surface area contributed by atoms with E-state index in [1.165, 1.54) is 89.9 Å². The van der Waals surface area contributed by atoms with Crippen molar-refractivity contribution in [1.29, 1.82) is 0 Å². The van der Waals surface area contributed by atoms with Crippen LogP contribution in [0, 0.1) is 0 Å². The first-order valence-electron chi connectivity index (χ1n) is 27.1. The van der Waals surface area contributed by atoms with E-state index in [1.807, 2.05) is 0 Å². The molecule has 0 amide bonds. The zero-order valence-electron chi connectivity index (χ0n) is 42.5. The van der Waals surface area contributed by atoms with Gasteiger partial charge >= 0.3 is 17.9 Å². The van der Waals surface area contributed by atoms with E-state index >= 15 is 0 Å². The third-order valence-electron chi connectivity index (χ3n) is 11.4. The standard InChI is InChI=1S/C59H100O6/c1-4-7-10-13-16-19-22-25-27-29-30-31-33-34-37-40-43-46-49-52-58(61)64-55-56(54-63-57(60)51-48-45-42-39-36-24-21-18-15-12-9-6-3)65-59(62)53-50-47-44-41-38-35-32-28-26-23-20-17-14-11-8-5-2/h7,9-10,12,16,18-19,21,25,27-28,32,35,38,56H,4-6,8,11,13-15,17,20,22-24,26,29-31,33-34,36-37,39-55H2,1-3H3/b10-7-,12-9-,19-16-,21-18-,27-25-,32-28-,38-35-. The molecule has 0 spiro atoms. The summed E-state index contributed by atoms with van der Waals surface area (Å²) in [5, 5.41) is 0. The summed E-state index contributed by atoms with van der Waals surface area (Å²) in [5.41, 5.74) is 0. The Hall–Kier alpha value is -3.41. The highest BCUT2D eigenvalue weighted by molar-refractivity contribution is 5.71. The molecule has 1 unspecified atom stereocenters. The van der Waals surface area contributed by atoms with Crippen molar-refractivity contribution < 1.29 is 28.6 Å². The van der Waals surface area contributed by atoms with Crippen molar-refractivity contribution in [2.24, 2.45) is 0 Å². The van der Waals surface area contributed by atoms with Crippen molar-refractivity contribution in [3.63, 3.8) is 0 Å². The summed E-state index contributed by atoms with van der Waals surface area (Å²) in [6.45, 7) is 6.38. The highest BCUT2D eigenvalue weighted by Gasteiger charge is 2.19. The van der Waals surface area contributed by atoms with Gasteiger partial charge in [-0.25, -0.2) is 0 Å². The van der Waals surface area contributed by atoms with Crippen LogP contribution in [-0.4, -0.2) is 37.2 Å². The molecule has 0 aromatic carbocycles. The molecule has 0 saturated heterocycles. The number of unbranched alkanes of at least 4 members (excludes halogenated alkanes) is 24. The molecule has 0 fully saturated rings. The SMILES string of the molecule is CC/C=C\C/C=C\C/C=C\CCCCCCCCCCCC(=O)OCC(COC(=O)CCCCCCC/C=C\C/C=C\CC)OC(=O)CCCCC/C=C\C=C/CCCCCCCCC. The van der Waals surface area contributed by atoms with Gasteiger partial charge in [0.15, 0.2) is 6.10 Å². The summed E-state index contributed by atoms with van der Waals surface area (Å²) in [6, 6.07) is 0. The number of esters is 3. The molecule has 0 radical (unpaired) electrons. The van der Waals surface area contributed by atoms with E-state index in [4.69, 9.17) is 14.2 Å². The Morgan fingerprint density at radius 1 is 0.338 bits per heavy atom. The van der Waals surface area contributed by atoms with E-state index in [2.05, 4.69) is 106 Å². The quantitative estimate of drug-likeness (QED) is 0.0199. The summed E-state index contributed by atoms with van der Waals surface area (Å²) < 4.78 is 16.8. The maximum atomic E-state index is 12.8. The Kier molecular flexibility index (Phi) is 50.4. The molecule has 372 valence electrons. The van der Waals surface area contributed by atoms with Crippen LogP contribution in [0.5, 0.6) is 0 Å². The van der Waals surface area contributed by atoms with Gasteiger partial charge in [0.05, 0.1) is 0 Å². The zero-order valence-corrected chi connectivity index (χ0v) is 42.5. The number of ether oxygens (including phenoxy) is 3. The number of rotatable bonds is 48. The fourth-order valence-electron chi connectivity index (χ4n) is 7.37. The van der Waals surface area contributed by atoms with Crippen LogP contribution in [0.25, 0.3) is 0 Å². The fraction of sp³-hybridized carbons (Fsp3) is 0.712. The second kappa shape index (κ2) is 53.2. The Morgan fingerprint density at radius 3 is 1.05 bits per heavy atom. The Labute approximate surface area is 401 Å². The fourth-order valence-corrected chi connectivity index (χ4v) is 7.37. The Morgan fingerprint density at radius 2 is 0.646 bits per heavy atom. The van der Waals surface area contributed by atoms with Crippen LogP contribution in [0.2, 0.25) is 0 Å². The first kappa shape index (κ1) is 61.6. The van der Waals surface area contributed by atoms with Crippen molar-refractivity contribution >= 4 is 17.9 Å². The van der Waals surface area contributed by atoms with E-state index in [0.29, 0.717) is 19.3 Å². The average molecular weight is 905 g/mol. The van der Waals surface area contributed by atoms with Crippen LogP contribution in [0.1, 0.15) is 252 Å². The maximum absolute atomic E-state index is 12.8. The van der Waals surface area contributed by atoms with Crippen molar-refractivity contribution in [2.45, 2.75) is 258 Å². The predicted octanol–water partition coefficient (Wildman–Crippen LogP) is 18.0. The van der Waals surface area contributed by atoms with Gasteiger partial charge in [-0.05, 0) is 103 Å². The summed E-state index contributed by atoms with van der Waals surface area (Å²) in [7, 11) is 0. The summed E-state index contributed by atoms with van der Waals surface area (Å²) in [5.74, 6) is -0.940. The third-order valence-corrected chi connectivity index (χ3v) is 11.4. The first-order valence-corrected chi connectivity index (χ1v) is 27.1. The van der Waals surface area contributed by atoms with Crippen LogP contribution >= 0.6 is 0 Å². The van der Waals surface area contributed by atoms with Crippen LogP contribution < -0.4 is 0 Å². The number of carbonyl (C=O) groups is 3. The molecule has 0 saturated carbocycles. The van der Waals surface area contributed by atoms with Crippen molar-refractivity contribution in [3.8, 4) is 0 Å². The number of hydrogen-bond donors (Lipinski definition) is 0. The molecule has 0 aliphatic heterocycles. The number of hydrogen-bond acceptors (Lipinski definition) is 6. The zero-order chi connectivity index (χ0) is 47.2. The molecular weight excluding hydrogens is 805 g/mol. The second-order valence-electron chi connectivity index (χ2n) is 17.8. The number of carbonyl (C=O) groups excluding carboxylic acids is 3. The summed E-state index contributed by atoms with van der Waals surface area (Å²) in [4.78, 5) is 38.0. The molecule has 0 aromatic rings. The lowest BCUT2D eigenvalue weighted by Gasteiger charge is -2.18. The van der Waals surface area contributed by atoms with E-state index in [0.717, 1.165) is 122 Å². The van der Waals surface area contributed by atoms with Crippen LogP contribution in [0.15, 0.2) is 85.1 Å². The minimum Gasteiger partial charge on any atom is -0.462 e. The van der Waals surface area contributed by atoms with Gasteiger partial charge in [0, 0.05) is 19.3 Å². The molecule has 0 heterocycles. The van der Waals surface area contributed by atoms with Crippen molar-refractivity contribution in [1.82, 2.24) is 0 Å². The highest BCUT2D eigenvalue weighted by atomic mass is 16.6. The van der Waals surface area contributed by atoms with Crippen LogP contribution in [0.4, 0.5) is 0 Å². The normalized spacial score (nSPS) is 12.7. The van der Waals surface area contributed by atoms with E-state index in [9.17, 15) is 14.4 Å². The molecule has 65 heavy (non-hydrogen) atoms. The summed E-state index contributed by atoms with van der Waals surface area (Å²) in [6.07, 6.45) is 68.6. The van der Waals surface area contributed by atoms with E-state index < -0.39 is 6.10 Å². The van der Waals surface area contributed by atoms with Gasteiger partial charge in [0.25, 0.3) is 0 Å². The van der Waals surface area contributed by atoms with Gasteiger partial charge in [0.2, 0.25) is 0 Å². The Balaban J connectivity index is 4.41. The first-order chi connectivity index (χ1) is 32.0. The minimum absolute atomic E-state index is 0.0950. The van der Waals surface area contributed by atoms with Gasteiger partial charge in [-0.15, -0.1) is 0 Å². The Bertz CT molecular complexity index is 1270. The molecule has 6 nitrogen and oxygen atoms in total. The molecule has 0 N–H and O–H groups in total. The lowest BCUT2D eigenvalue weighted by atomic mass is 10.1. The smallest absolute Gasteiger partial charge is 0.306 e.